The minimum atomic E-state index is -0.578. The first-order chi connectivity index (χ1) is 15.1. The van der Waals surface area contributed by atoms with E-state index in [0.717, 1.165) is 5.75 Å². The molecule has 8 nitrogen and oxygen atoms in total. The average molecular weight is 419 g/mol. The Labute approximate surface area is 177 Å². The van der Waals surface area contributed by atoms with Gasteiger partial charge >= 0.3 is 0 Å². The number of para-hydroxylation sites is 1. The molecule has 3 aromatic carbocycles. The molecule has 0 bridgehead atoms. The van der Waals surface area contributed by atoms with E-state index in [9.17, 15) is 9.18 Å². The van der Waals surface area contributed by atoms with Crippen LogP contribution in [0.15, 0.2) is 72.8 Å². The monoisotopic (exact) mass is 419 g/mol. The van der Waals surface area contributed by atoms with Crippen LogP contribution in [0.25, 0.3) is 5.69 Å². The van der Waals surface area contributed by atoms with Gasteiger partial charge in [0.25, 0.3) is 5.91 Å². The Bertz CT molecular complexity index is 1180. The number of aromatic nitrogens is 4. The van der Waals surface area contributed by atoms with E-state index >= 15 is 0 Å². The number of amides is 1. The van der Waals surface area contributed by atoms with Gasteiger partial charge in [0.05, 0.1) is 11.4 Å². The van der Waals surface area contributed by atoms with Crippen molar-refractivity contribution < 1.29 is 18.7 Å². The van der Waals surface area contributed by atoms with Crippen molar-refractivity contribution in [1.82, 2.24) is 20.2 Å². The van der Waals surface area contributed by atoms with Gasteiger partial charge in [0.15, 0.2) is 12.4 Å². The number of carbonyl (C=O) groups is 1. The molecule has 0 aliphatic rings. The highest BCUT2D eigenvalue weighted by atomic mass is 19.1. The Hall–Kier alpha value is -4.27. The maximum atomic E-state index is 14.1. The third kappa shape index (κ3) is 5.02. The molecule has 0 saturated heterocycles. The van der Waals surface area contributed by atoms with E-state index in [1.54, 1.807) is 31.2 Å². The van der Waals surface area contributed by atoms with Crippen molar-refractivity contribution in [2.45, 2.75) is 6.92 Å². The summed E-state index contributed by atoms with van der Waals surface area (Å²) in [5.74, 6) is 1.29. The number of halogens is 1. The normalized spacial score (nSPS) is 10.5. The molecule has 31 heavy (non-hydrogen) atoms. The number of carbonyl (C=O) groups excluding carboxylic acids is 1. The van der Waals surface area contributed by atoms with Gasteiger partial charge in [0, 0.05) is 0 Å². The molecule has 0 saturated carbocycles. The zero-order valence-corrected chi connectivity index (χ0v) is 16.5. The summed E-state index contributed by atoms with van der Waals surface area (Å²) in [5.41, 5.74) is 0.529. The van der Waals surface area contributed by atoms with Crippen molar-refractivity contribution in [2.24, 2.45) is 0 Å². The third-order valence-electron chi connectivity index (χ3n) is 4.27. The first kappa shape index (κ1) is 20.0. The second-order valence-electron chi connectivity index (χ2n) is 6.53. The number of nitrogens with zero attached hydrogens (tertiary/aromatic N) is 4. The number of rotatable bonds is 7. The molecule has 0 aliphatic heterocycles. The van der Waals surface area contributed by atoms with Crippen LogP contribution in [0.2, 0.25) is 0 Å². The molecule has 1 aromatic heterocycles. The number of benzene rings is 3. The average Bonchev–Trinajstić information content (AvgIpc) is 3.21. The molecule has 0 unspecified atom stereocenters. The zero-order chi connectivity index (χ0) is 21.6. The number of tetrazole rings is 1. The maximum absolute atomic E-state index is 14.1. The fourth-order valence-corrected chi connectivity index (χ4v) is 2.77. The molecule has 0 radical (unpaired) electrons. The van der Waals surface area contributed by atoms with Crippen LogP contribution in [0.3, 0.4) is 0 Å². The van der Waals surface area contributed by atoms with Gasteiger partial charge in [-0.15, -0.1) is 5.10 Å². The summed E-state index contributed by atoms with van der Waals surface area (Å²) < 4.78 is 26.8. The second kappa shape index (κ2) is 9.04. The highest BCUT2D eigenvalue weighted by Crippen LogP contribution is 2.24. The fraction of sp³-hybridized carbons (Fsp3) is 0.0909. The van der Waals surface area contributed by atoms with E-state index in [-0.39, 0.29) is 12.3 Å². The predicted molar refractivity (Wildman–Crippen MR) is 111 cm³/mol. The molecule has 0 spiro atoms. The molecule has 0 atom stereocenters. The second-order valence-corrected chi connectivity index (χ2v) is 6.53. The van der Waals surface area contributed by atoms with Gasteiger partial charge in [-0.25, -0.2) is 4.39 Å². The molecule has 0 fully saturated rings. The fourth-order valence-electron chi connectivity index (χ4n) is 2.77. The minimum absolute atomic E-state index is 0.00705. The van der Waals surface area contributed by atoms with E-state index in [0.29, 0.717) is 23.0 Å². The lowest BCUT2D eigenvalue weighted by atomic mass is 10.2. The Morgan fingerprint density at radius 1 is 1.00 bits per heavy atom. The van der Waals surface area contributed by atoms with Crippen LogP contribution in [0, 0.1) is 12.7 Å². The molecule has 4 aromatic rings. The van der Waals surface area contributed by atoms with Crippen LogP contribution < -0.4 is 14.8 Å². The Balaban J connectivity index is 1.35. The zero-order valence-electron chi connectivity index (χ0n) is 16.5. The van der Waals surface area contributed by atoms with Crippen LogP contribution >= 0.6 is 0 Å². The summed E-state index contributed by atoms with van der Waals surface area (Å²) in [7, 11) is 0. The van der Waals surface area contributed by atoms with Crippen molar-refractivity contribution in [2.75, 3.05) is 11.9 Å². The first-order valence-corrected chi connectivity index (χ1v) is 9.39. The molecule has 1 amide bonds. The molecule has 156 valence electrons. The lowest BCUT2D eigenvalue weighted by Crippen LogP contribution is -2.21. The number of hydrogen-bond acceptors (Lipinski definition) is 6. The van der Waals surface area contributed by atoms with Crippen molar-refractivity contribution in [3.8, 4) is 22.9 Å². The third-order valence-corrected chi connectivity index (χ3v) is 4.27. The van der Waals surface area contributed by atoms with Crippen LogP contribution in [0.4, 0.5) is 10.1 Å². The van der Waals surface area contributed by atoms with Gasteiger partial charge in [-0.3, -0.25) is 4.79 Å². The smallest absolute Gasteiger partial charge is 0.262 e. The molecule has 1 N–H and O–H groups in total. The van der Waals surface area contributed by atoms with Crippen molar-refractivity contribution in [3.63, 3.8) is 0 Å². The molecular formula is C22H18FN5O3. The Kier molecular flexibility index (Phi) is 5.84. The molecule has 9 heteroatoms. The highest BCUT2D eigenvalue weighted by Gasteiger charge is 2.12. The Morgan fingerprint density at radius 3 is 2.42 bits per heavy atom. The summed E-state index contributed by atoms with van der Waals surface area (Å²) in [6, 6.07) is 20.4. The van der Waals surface area contributed by atoms with Gasteiger partial charge in [-0.1, -0.05) is 18.2 Å². The van der Waals surface area contributed by atoms with E-state index in [4.69, 9.17) is 9.47 Å². The maximum Gasteiger partial charge on any atom is 0.262 e. The summed E-state index contributed by atoms with van der Waals surface area (Å²) in [5, 5.41) is 13.7. The van der Waals surface area contributed by atoms with Gasteiger partial charge in [-0.2, -0.15) is 4.68 Å². The number of ether oxygens (including phenoxy) is 2. The summed E-state index contributed by atoms with van der Waals surface area (Å²) in [6.45, 7) is 1.43. The van der Waals surface area contributed by atoms with Crippen LogP contribution in [0.1, 0.15) is 5.82 Å². The van der Waals surface area contributed by atoms with E-state index in [1.165, 1.54) is 22.9 Å². The van der Waals surface area contributed by atoms with E-state index in [2.05, 4.69) is 20.8 Å². The first-order valence-electron chi connectivity index (χ1n) is 9.39. The Morgan fingerprint density at radius 2 is 1.71 bits per heavy atom. The number of hydrogen-bond donors (Lipinski definition) is 1. The molecule has 4 rings (SSSR count). The van der Waals surface area contributed by atoms with Crippen LogP contribution in [-0.4, -0.2) is 32.7 Å². The SMILES string of the molecule is Cc1nnnn1-c1ccc(F)c(NC(=O)COc2ccc(Oc3ccccc3)cc2)c1. The number of aryl methyl sites for hydroxylation is 1. The van der Waals surface area contributed by atoms with Crippen LogP contribution in [0.5, 0.6) is 17.2 Å². The van der Waals surface area contributed by atoms with Gasteiger partial charge < -0.3 is 14.8 Å². The topological polar surface area (TPSA) is 91.2 Å². The number of nitrogens with one attached hydrogen (secondary N) is 1. The summed E-state index contributed by atoms with van der Waals surface area (Å²) in [6.07, 6.45) is 0. The highest BCUT2D eigenvalue weighted by molar-refractivity contribution is 5.92. The summed E-state index contributed by atoms with van der Waals surface area (Å²) >= 11 is 0. The van der Waals surface area contributed by atoms with Gasteiger partial charge in [0.2, 0.25) is 0 Å². The summed E-state index contributed by atoms with van der Waals surface area (Å²) in [4.78, 5) is 12.2. The molecule has 0 aliphatic carbocycles. The number of anilines is 1. The van der Waals surface area contributed by atoms with E-state index < -0.39 is 11.7 Å². The van der Waals surface area contributed by atoms with Crippen LogP contribution in [-0.2, 0) is 4.79 Å². The van der Waals surface area contributed by atoms with E-state index in [1.807, 2.05) is 30.3 Å². The standard InChI is InChI=1S/C22H18FN5O3/c1-15-25-26-27-28(15)16-7-12-20(23)21(13-16)24-22(29)14-30-17-8-10-19(11-9-17)31-18-5-3-2-4-6-18/h2-13H,14H2,1H3,(H,24,29). The van der Waals surface area contributed by atoms with Crippen molar-refractivity contribution in [1.29, 1.82) is 0 Å². The van der Waals surface area contributed by atoms with Crippen molar-refractivity contribution in [3.05, 3.63) is 84.4 Å². The largest absolute Gasteiger partial charge is 0.484 e. The molecule has 1 heterocycles. The van der Waals surface area contributed by atoms with Gasteiger partial charge in [0.1, 0.15) is 23.1 Å². The van der Waals surface area contributed by atoms with Crippen molar-refractivity contribution >= 4 is 11.6 Å². The predicted octanol–water partition coefficient (Wildman–Crippen LogP) is 3.92. The lowest BCUT2D eigenvalue weighted by molar-refractivity contribution is -0.118. The minimum Gasteiger partial charge on any atom is -0.484 e. The molecular weight excluding hydrogens is 401 g/mol. The van der Waals surface area contributed by atoms with Gasteiger partial charge in [-0.05, 0) is 71.9 Å². The quantitative estimate of drug-likeness (QED) is 0.488. The lowest BCUT2D eigenvalue weighted by Gasteiger charge is -2.11.